The van der Waals surface area contributed by atoms with Gasteiger partial charge in [0.1, 0.15) is 0 Å². The van der Waals surface area contributed by atoms with Gasteiger partial charge in [0.25, 0.3) is 0 Å². The molecule has 1 rings (SSSR count). The van der Waals surface area contributed by atoms with Crippen LogP contribution in [-0.2, 0) is 0 Å². The molecule has 0 N–H and O–H groups in total. The summed E-state index contributed by atoms with van der Waals surface area (Å²) in [7, 11) is 0. The van der Waals surface area contributed by atoms with E-state index in [1.165, 1.54) is 6.07 Å². The van der Waals surface area contributed by atoms with Gasteiger partial charge < -0.3 is 0 Å². The predicted molar refractivity (Wildman–Crippen MR) is 59.1 cm³/mol. The highest BCUT2D eigenvalue weighted by molar-refractivity contribution is 8.15. The first kappa shape index (κ1) is 11.2. The van der Waals surface area contributed by atoms with E-state index in [1.54, 1.807) is 12.1 Å². The quantitative estimate of drug-likeness (QED) is 0.741. The van der Waals surface area contributed by atoms with Gasteiger partial charge in [-0.15, -0.1) is 11.6 Å². The molecule has 5 heteroatoms. The van der Waals surface area contributed by atoms with Crippen LogP contribution in [0, 0.1) is 0 Å². The zero-order valence-electron chi connectivity index (χ0n) is 6.39. The van der Waals surface area contributed by atoms with Gasteiger partial charge in [0.15, 0.2) is 0 Å². The van der Waals surface area contributed by atoms with Gasteiger partial charge in [0.2, 0.25) is 5.12 Å². The summed E-state index contributed by atoms with van der Waals surface area (Å²) in [4.78, 5) is 11.4. The Kier molecular flexibility index (Phi) is 4.39. The number of rotatable bonds is 2. The molecule has 1 aromatic carbocycles. The summed E-state index contributed by atoms with van der Waals surface area (Å²) < 4.78 is 0. The van der Waals surface area contributed by atoms with Gasteiger partial charge in [0, 0.05) is 10.6 Å². The molecule has 0 aromatic heterocycles. The van der Waals surface area contributed by atoms with Crippen molar-refractivity contribution in [2.24, 2.45) is 0 Å². The van der Waals surface area contributed by atoms with E-state index in [2.05, 4.69) is 0 Å². The van der Waals surface area contributed by atoms with Gasteiger partial charge >= 0.3 is 0 Å². The molecule has 0 heterocycles. The van der Waals surface area contributed by atoms with Crippen molar-refractivity contribution in [2.45, 2.75) is 0 Å². The molecule has 70 valence electrons. The molecule has 0 fully saturated rings. The minimum Gasteiger partial charge on any atom is -0.281 e. The van der Waals surface area contributed by atoms with Gasteiger partial charge in [-0.2, -0.15) is 0 Å². The fourth-order valence-electron chi connectivity index (χ4n) is 0.781. The highest BCUT2D eigenvalue weighted by atomic mass is 35.5. The first-order valence-corrected chi connectivity index (χ1v) is 5.61. The summed E-state index contributed by atoms with van der Waals surface area (Å²) in [5, 5.41) is 0.930. The molecular formula is C8H5Cl3OS. The predicted octanol–water partition coefficient (Wildman–Crippen LogP) is 4.06. The summed E-state index contributed by atoms with van der Waals surface area (Å²) in [5.41, 5.74) is 0.403. The number of carbonyl (C=O) groups excluding carboxylic acids is 1. The smallest absolute Gasteiger partial charge is 0.222 e. The fraction of sp³-hybridized carbons (Fsp3) is 0.125. The van der Waals surface area contributed by atoms with Crippen LogP contribution in [0.4, 0.5) is 0 Å². The van der Waals surface area contributed by atoms with Crippen molar-refractivity contribution in [1.82, 2.24) is 0 Å². The maximum absolute atomic E-state index is 11.4. The van der Waals surface area contributed by atoms with Gasteiger partial charge in [-0.05, 0) is 18.2 Å². The Morgan fingerprint density at radius 2 is 2.08 bits per heavy atom. The lowest BCUT2D eigenvalue weighted by Crippen LogP contribution is -1.94. The van der Waals surface area contributed by atoms with Gasteiger partial charge in [-0.1, -0.05) is 35.0 Å². The van der Waals surface area contributed by atoms with Crippen LogP contribution in [0.1, 0.15) is 10.4 Å². The average molecular weight is 256 g/mol. The third-order valence-electron chi connectivity index (χ3n) is 1.33. The van der Waals surface area contributed by atoms with Crippen molar-refractivity contribution in [3.05, 3.63) is 33.8 Å². The van der Waals surface area contributed by atoms with Gasteiger partial charge in [0.05, 0.1) is 10.2 Å². The van der Waals surface area contributed by atoms with E-state index in [0.717, 1.165) is 11.8 Å². The number of halogens is 3. The van der Waals surface area contributed by atoms with Crippen LogP contribution in [0.15, 0.2) is 18.2 Å². The highest BCUT2D eigenvalue weighted by Gasteiger charge is 2.10. The molecule has 0 atom stereocenters. The number of benzene rings is 1. The summed E-state index contributed by atoms with van der Waals surface area (Å²) in [6, 6.07) is 4.75. The Morgan fingerprint density at radius 1 is 1.38 bits per heavy atom. The lowest BCUT2D eigenvalue weighted by molar-refractivity contribution is 0.108. The van der Waals surface area contributed by atoms with Crippen LogP contribution in [-0.4, -0.2) is 10.3 Å². The molecular weight excluding hydrogens is 251 g/mol. The maximum atomic E-state index is 11.4. The van der Waals surface area contributed by atoms with E-state index in [4.69, 9.17) is 34.8 Å². The van der Waals surface area contributed by atoms with Crippen molar-refractivity contribution >= 4 is 51.7 Å². The molecule has 13 heavy (non-hydrogen) atoms. The van der Waals surface area contributed by atoms with Crippen LogP contribution in [0.2, 0.25) is 10.0 Å². The summed E-state index contributed by atoms with van der Waals surface area (Å²) in [5.74, 6) is 0. The Morgan fingerprint density at radius 3 is 2.69 bits per heavy atom. The Hall–Kier alpha value is 0.110. The molecule has 0 saturated heterocycles. The molecule has 0 saturated carbocycles. The van der Waals surface area contributed by atoms with Crippen LogP contribution >= 0.6 is 46.6 Å². The minimum absolute atomic E-state index is 0.164. The lowest BCUT2D eigenvalue weighted by Gasteiger charge is -2.01. The van der Waals surface area contributed by atoms with Gasteiger partial charge in [-0.3, -0.25) is 4.79 Å². The van der Waals surface area contributed by atoms with Crippen molar-refractivity contribution in [3.8, 4) is 0 Å². The highest BCUT2D eigenvalue weighted by Crippen LogP contribution is 2.24. The molecule has 0 aliphatic rings. The normalized spacial score (nSPS) is 10.1. The van der Waals surface area contributed by atoms with Crippen molar-refractivity contribution < 1.29 is 4.79 Å². The average Bonchev–Trinajstić information content (AvgIpc) is 2.09. The van der Waals surface area contributed by atoms with Crippen LogP contribution < -0.4 is 0 Å². The monoisotopic (exact) mass is 254 g/mol. The fourth-order valence-corrected chi connectivity index (χ4v) is 1.93. The molecule has 0 unspecified atom stereocenters. The van der Waals surface area contributed by atoms with E-state index in [1.807, 2.05) is 0 Å². The Balaban J connectivity index is 2.99. The minimum atomic E-state index is -0.164. The number of hydrogen-bond donors (Lipinski definition) is 0. The summed E-state index contributed by atoms with van der Waals surface area (Å²) >= 11 is 17.9. The lowest BCUT2D eigenvalue weighted by atomic mass is 10.2. The zero-order valence-corrected chi connectivity index (χ0v) is 9.47. The number of thioether (sulfide) groups is 1. The van der Waals surface area contributed by atoms with Crippen LogP contribution in [0.25, 0.3) is 0 Å². The van der Waals surface area contributed by atoms with E-state index < -0.39 is 0 Å². The Bertz CT molecular complexity index is 327. The first-order valence-electron chi connectivity index (χ1n) is 3.33. The van der Waals surface area contributed by atoms with E-state index >= 15 is 0 Å². The topological polar surface area (TPSA) is 17.1 Å². The van der Waals surface area contributed by atoms with Crippen molar-refractivity contribution in [3.63, 3.8) is 0 Å². The summed E-state index contributed by atoms with van der Waals surface area (Å²) in [6.45, 7) is 0. The van der Waals surface area contributed by atoms with Gasteiger partial charge in [-0.25, -0.2) is 0 Å². The molecule has 1 nitrogen and oxygen atoms in total. The molecule has 0 bridgehead atoms. The molecule has 0 aliphatic heterocycles. The van der Waals surface area contributed by atoms with E-state index in [0.29, 0.717) is 15.6 Å². The van der Waals surface area contributed by atoms with Crippen molar-refractivity contribution in [1.29, 1.82) is 0 Å². The van der Waals surface area contributed by atoms with Crippen molar-refractivity contribution in [2.75, 3.05) is 5.21 Å². The number of carbonyl (C=O) groups is 1. The molecule has 0 amide bonds. The number of alkyl halides is 1. The standard InChI is InChI=1S/C8H5Cl3OS/c9-4-13-8(12)6-3-5(10)1-2-7(6)11/h1-3H,4H2. The third-order valence-corrected chi connectivity index (χ3v) is 2.82. The van der Waals surface area contributed by atoms with E-state index in [-0.39, 0.29) is 10.3 Å². The number of hydrogen-bond acceptors (Lipinski definition) is 2. The van der Waals surface area contributed by atoms with E-state index in [9.17, 15) is 4.79 Å². The Labute approximate surface area is 95.4 Å². The zero-order chi connectivity index (χ0) is 9.84. The second-order valence-corrected chi connectivity index (χ2v) is 4.54. The second kappa shape index (κ2) is 5.11. The summed E-state index contributed by atoms with van der Waals surface area (Å²) in [6.07, 6.45) is 0. The maximum Gasteiger partial charge on any atom is 0.222 e. The molecule has 1 aromatic rings. The molecule has 0 spiro atoms. The molecule has 0 aliphatic carbocycles. The first-order chi connectivity index (χ1) is 6.15. The largest absolute Gasteiger partial charge is 0.281 e. The van der Waals surface area contributed by atoms with Crippen LogP contribution in [0.3, 0.4) is 0 Å². The molecule has 0 radical (unpaired) electrons. The second-order valence-electron chi connectivity index (χ2n) is 2.17. The van der Waals surface area contributed by atoms with Crippen LogP contribution in [0.5, 0.6) is 0 Å². The SMILES string of the molecule is O=C(SCCl)c1cc(Cl)ccc1Cl. The third kappa shape index (κ3) is 3.06.